The average molecular weight is 413 g/mol. The molecule has 0 atom stereocenters. The zero-order chi connectivity index (χ0) is 19.9. The van der Waals surface area contributed by atoms with E-state index in [1.165, 1.54) is 19.3 Å². The molecular formula is C20H24N6O2S. The number of piperidine rings is 1. The van der Waals surface area contributed by atoms with Crippen LogP contribution >= 0.6 is 11.3 Å². The molecule has 4 heterocycles. The van der Waals surface area contributed by atoms with Crippen molar-refractivity contribution in [3.8, 4) is 10.6 Å². The Bertz CT molecular complexity index is 921. The second kappa shape index (κ2) is 9.51. The van der Waals surface area contributed by atoms with E-state index in [0.29, 0.717) is 24.5 Å². The monoisotopic (exact) mass is 412 g/mol. The average Bonchev–Trinajstić information content (AvgIpc) is 3.46. The van der Waals surface area contributed by atoms with Crippen LogP contribution in [0.25, 0.3) is 10.6 Å². The van der Waals surface area contributed by atoms with E-state index in [1.54, 1.807) is 23.6 Å². The van der Waals surface area contributed by atoms with E-state index in [-0.39, 0.29) is 5.91 Å². The molecule has 8 nitrogen and oxygen atoms in total. The number of thiophene rings is 1. The first kappa shape index (κ1) is 19.4. The molecule has 29 heavy (non-hydrogen) atoms. The first-order valence-corrected chi connectivity index (χ1v) is 10.8. The highest BCUT2D eigenvalue weighted by Crippen LogP contribution is 2.25. The van der Waals surface area contributed by atoms with Crippen LogP contribution in [-0.2, 0) is 0 Å². The fourth-order valence-corrected chi connectivity index (χ4v) is 3.88. The number of amides is 1. The molecule has 9 heteroatoms. The van der Waals surface area contributed by atoms with Crippen molar-refractivity contribution in [3.05, 3.63) is 41.5 Å². The zero-order valence-corrected chi connectivity index (χ0v) is 17.0. The molecule has 152 valence electrons. The van der Waals surface area contributed by atoms with E-state index in [1.807, 2.05) is 23.6 Å². The van der Waals surface area contributed by atoms with Gasteiger partial charge in [-0.2, -0.15) is 4.98 Å². The second-order valence-corrected chi connectivity index (χ2v) is 7.83. The third kappa shape index (κ3) is 5.11. The fourth-order valence-electron chi connectivity index (χ4n) is 3.21. The summed E-state index contributed by atoms with van der Waals surface area (Å²) in [6, 6.07) is 7.40. The lowest BCUT2D eigenvalue weighted by atomic mass is 10.1. The van der Waals surface area contributed by atoms with E-state index >= 15 is 0 Å². The van der Waals surface area contributed by atoms with E-state index in [0.717, 1.165) is 36.2 Å². The quantitative estimate of drug-likeness (QED) is 0.547. The van der Waals surface area contributed by atoms with Crippen molar-refractivity contribution in [3.63, 3.8) is 0 Å². The number of aromatic nitrogens is 3. The Balaban J connectivity index is 1.19. The summed E-state index contributed by atoms with van der Waals surface area (Å²) < 4.78 is 5.25. The molecule has 3 aromatic heterocycles. The molecule has 1 aliphatic heterocycles. The number of hydrogen-bond donors (Lipinski definition) is 2. The summed E-state index contributed by atoms with van der Waals surface area (Å²) in [5.41, 5.74) is 0.295. The molecule has 1 amide bonds. The molecule has 0 saturated carbocycles. The number of rotatable bonds is 8. The van der Waals surface area contributed by atoms with Gasteiger partial charge in [0.05, 0.1) is 4.88 Å². The van der Waals surface area contributed by atoms with Crippen molar-refractivity contribution in [2.75, 3.05) is 36.4 Å². The SMILES string of the molecule is O=C(NCCCNc1ccnc(N2CCCCC2)n1)c1cc(-c2cccs2)on1. The molecule has 0 aliphatic carbocycles. The van der Waals surface area contributed by atoms with Crippen LogP contribution in [0.4, 0.5) is 11.8 Å². The predicted octanol–water partition coefficient (Wildman–Crippen LogP) is 3.42. The molecule has 1 saturated heterocycles. The Hall–Kier alpha value is -2.94. The maximum atomic E-state index is 12.2. The summed E-state index contributed by atoms with van der Waals surface area (Å²) in [5, 5.41) is 12.0. The van der Waals surface area contributed by atoms with Crippen LogP contribution in [0, 0.1) is 0 Å². The van der Waals surface area contributed by atoms with E-state index in [9.17, 15) is 4.79 Å². The van der Waals surface area contributed by atoms with Gasteiger partial charge >= 0.3 is 0 Å². The first-order valence-electron chi connectivity index (χ1n) is 9.90. The van der Waals surface area contributed by atoms with Crippen molar-refractivity contribution in [2.24, 2.45) is 0 Å². The van der Waals surface area contributed by atoms with Crippen LogP contribution in [-0.4, -0.2) is 47.2 Å². The number of carbonyl (C=O) groups is 1. The van der Waals surface area contributed by atoms with Gasteiger partial charge < -0.3 is 20.1 Å². The summed E-state index contributed by atoms with van der Waals surface area (Å²) in [6.07, 6.45) is 6.23. The molecule has 3 aromatic rings. The minimum atomic E-state index is -0.231. The highest BCUT2D eigenvalue weighted by atomic mass is 32.1. The van der Waals surface area contributed by atoms with Gasteiger partial charge in [-0.25, -0.2) is 4.98 Å². The van der Waals surface area contributed by atoms with Crippen molar-refractivity contribution in [2.45, 2.75) is 25.7 Å². The molecule has 4 rings (SSSR count). The number of carbonyl (C=O) groups excluding carboxylic acids is 1. The van der Waals surface area contributed by atoms with Crippen LogP contribution in [0.1, 0.15) is 36.2 Å². The Kier molecular flexibility index (Phi) is 6.35. The van der Waals surface area contributed by atoms with E-state index < -0.39 is 0 Å². The third-order valence-corrected chi connectivity index (χ3v) is 5.62. The van der Waals surface area contributed by atoms with Gasteiger partial charge in [0.25, 0.3) is 5.91 Å². The molecule has 1 aliphatic rings. The van der Waals surface area contributed by atoms with Crippen molar-refractivity contribution in [1.29, 1.82) is 0 Å². The van der Waals surface area contributed by atoms with Gasteiger partial charge in [0.1, 0.15) is 5.82 Å². The number of hydrogen-bond acceptors (Lipinski definition) is 8. The van der Waals surface area contributed by atoms with Gasteiger partial charge in [-0.15, -0.1) is 11.3 Å². The lowest BCUT2D eigenvalue weighted by molar-refractivity contribution is 0.0944. The van der Waals surface area contributed by atoms with Gasteiger partial charge in [0.15, 0.2) is 11.5 Å². The fraction of sp³-hybridized carbons (Fsp3) is 0.400. The van der Waals surface area contributed by atoms with Gasteiger partial charge in [-0.05, 0) is 43.2 Å². The summed E-state index contributed by atoms with van der Waals surface area (Å²) in [6.45, 7) is 3.28. The van der Waals surface area contributed by atoms with Crippen LogP contribution < -0.4 is 15.5 Å². The standard InChI is InChI=1S/C20H24N6O2S/c27-19(15-14-16(28-25-15)17-6-4-13-29-17)22-9-5-8-21-18-7-10-23-20(24-18)26-11-2-1-3-12-26/h4,6-7,10,13-14H,1-3,5,8-9,11-12H2,(H,22,27)(H,21,23,24). The molecule has 0 spiro atoms. The van der Waals surface area contributed by atoms with Gasteiger partial charge in [0.2, 0.25) is 5.95 Å². The second-order valence-electron chi connectivity index (χ2n) is 6.88. The van der Waals surface area contributed by atoms with Crippen LogP contribution in [0.5, 0.6) is 0 Å². The third-order valence-electron chi connectivity index (χ3n) is 4.73. The van der Waals surface area contributed by atoms with Crippen molar-refractivity contribution >= 4 is 29.0 Å². The number of anilines is 2. The molecule has 2 N–H and O–H groups in total. The molecule has 0 aromatic carbocycles. The predicted molar refractivity (Wildman–Crippen MR) is 113 cm³/mol. The maximum absolute atomic E-state index is 12.2. The Morgan fingerprint density at radius 1 is 1.21 bits per heavy atom. The van der Waals surface area contributed by atoms with Crippen molar-refractivity contribution < 1.29 is 9.32 Å². The van der Waals surface area contributed by atoms with E-state index in [2.05, 4.69) is 30.7 Å². The smallest absolute Gasteiger partial charge is 0.273 e. The van der Waals surface area contributed by atoms with Crippen LogP contribution in [0.15, 0.2) is 40.4 Å². The first-order chi connectivity index (χ1) is 14.3. The highest BCUT2D eigenvalue weighted by Gasteiger charge is 2.14. The van der Waals surface area contributed by atoms with Crippen LogP contribution in [0.3, 0.4) is 0 Å². The highest BCUT2D eigenvalue weighted by molar-refractivity contribution is 7.13. The minimum absolute atomic E-state index is 0.231. The van der Waals surface area contributed by atoms with Gasteiger partial charge in [-0.1, -0.05) is 11.2 Å². The van der Waals surface area contributed by atoms with E-state index in [4.69, 9.17) is 4.52 Å². The summed E-state index contributed by atoms with van der Waals surface area (Å²) in [5.74, 6) is 1.98. The molecule has 0 bridgehead atoms. The van der Waals surface area contributed by atoms with Crippen LogP contribution in [0.2, 0.25) is 0 Å². The molecule has 0 radical (unpaired) electrons. The van der Waals surface area contributed by atoms with Gasteiger partial charge in [0, 0.05) is 38.4 Å². The molecule has 1 fully saturated rings. The lowest BCUT2D eigenvalue weighted by Crippen LogP contribution is -2.31. The zero-order valence-electron chi connectivity index (χ0n) is 16.1. The minimum Gasteiger partial charge on any atom is -0.370 e. The summed E-state index contributed by atoms with van der Waals surface area (Å²) in [7, 11) is 0. The largest absolute Gasteiger partial charge is 0.370 e. The number of nitrogens with zero attached hydrogens (tertiary/aromatic N) is 4. The molecule has 0 unspecified atom stereocenters. The van der Waals surface area contributed by atoms with Crippen molar-refractivity contribution in [1.82, 2.24) is 20.4 Å². The normalized spacial score (nSPS) is 14.0. The Labute approximate surface area is 173 Å². The lowest BCUT2D eigenvalue weighted by Gasteiger charge is -2.26. The Morgan fingerprint density at radius 2 is 2.10 bits per heavy atom. The van der Waals surface area contributed by atoms with Gasteiger partial charge in [-0.3, -0.25) is 4.79 Å². The molecular weight excluding hydrogens is 388 g/mol. The summed E-state index contributed by atoms with van der Waals surface area (Å²) in [4.78, 5) is 24.4. The topological polar surface area (TPSA) is 96.2 Å². The maximum Gasteiger partial charge on any atom is 0.273 e. The number of nitrogens with one attached hydrogen (secondary N) is 2. The summed E-state index contributed by atoms with van der Waals surface area (Å²) >= 11 is 1.55. The Morgan fingerprint density at radius 3 is 2.93 bits per heavy atom.